The topological polar surface area (TPSA) is 18.5 Å². The maximum Gasteiger partial charge on any atom is 0.0608 e. The molecule has 14 atom stereocenters. The van der Waals surface area contributed by atoms with Crippen LogP contribution in [0.2, 0.25) is 24.2 Å². The predicted octanol–water partition coefficient (Wildman–Crippen LogP) is 11.8. The third-order valence-electron chi connectivity index (χ3n) is 17.0. The molecule has 3 heteroatoms. The predicted molar refractivity (Wildman–Crippen MR) is 190 cm³/mol. The van der Waals surface area contributed by atoms with Gasteiger partial charge in [0.25, 0.3) is 0 Å². The molecule has 6 saturated carbocycles. The second-order valence-corrected chi connectivity index (χ2v) is 24.4. The van der Waals surface area contributed by atoms with Crippen LogP contribution in [0.3, 0.4) is 0 Å². The van der Waals surface area contributed by atoms with Crippen LogP contribution in [0.25, 0.3) is 0 Å². The summed E-state index contributed by atoms with van der Waals surface area (Å²) in [6.45, 7) is 10.8. The van der Waals surface area contributed by atoms with E-state index < -0.39 is 8.07 Å². The highest BCUT2D eigenvalue weighted by molar-refractivity contribution is 6.80. The van der Waals surface area contributed by atoms with E-state index in [1.807, 2.05) is 0 Å². The van der Waals surface area contributed by atoms with Crippen LogP contribution in [0, 0.1) is 59.2 Å². The van der Waals surface area contributed by atoms with Gasteiger partial charge in [-0.25, -0.2) is 0 Å². The van der Waals surface area contributed by atoms with Crippen LogP contribution >= 0.6 is 0 Å². The number of hydrogen-bond donors (Lipinski definition) is 0. The number of fused-ring (bicyclic) bond motifs is 2. The summed E-state index contributed by atoms with van der Waals surface area (Å²) in [6.07, 6.45) is 35.1. The van der Waals surface area contributed by atoms with Gasteiger partial charge in [-0.05, 0) is 135 Å². The van der Waals surface area contributed by atoms with Gasteiger partial charge in [0, 0.05) is 0 Å². The van der Waals surface area contributed by atoms with Gasteiger partial charge < -0.3 is 9.47 Å². The quantitative estimate of drug-likeness (QED) is 0.270. The summed E-state index contributed by atoms with van der Waals surface area (Å²) in [5.41, 5.74) is 1.98. The van der Waals surface area contributed by atoms with E-state index in [2.05, 4.69) is 26.9 Å². The molecule has 2 aliphatic heterocycles. The van der Waals surface area contributed by atoms with Crippen LogP contribution in [0.15, 0.2) is 0 Å². The van der Waals surface area contributed by atoms with Gasteiger partial charge in [-0.2, -0.15) is 0 Å². The Bertz CT molecular complexity index is 907. The Morgan fingerprint density at radius 1 is 0.378 bits per heavy atom. The maximum atomic E-state index is 6.96. The Labute approximate surface area is 279 Å². The Morgan fingerprint density at radius 3 is 1.16 bits per heavy atom. The molecule has 0 aromatic heterocycles. The summed E-state index contributed by atoms with van der Waals surface area (Å²) < 4.78 is 13.9. The number of ether oxygens (including phenoxy) is 2. The standard InChI is InChI=1S/C42H72O2Si/c1-27-21-23-39(43-27)37-25-35-31(29-13-7-5-8-14-29)17-11-19-33(35)41(37)45(3,4)42-34-20-12-18-32(30-15-9-6-10-16-30)36(34)26-38(42)40-24-22-28(2)44-40/h27-42H,5-26H2,1-4H3. The highest BCUT2D eigenvalue weighted by Gasteiger charge is 2.64. The highest BCUT2D eigenvalue weighted by atomic mass is 28.3. The Balaban J connectivity index is 1.14. The van der Waals surface area contributed by atoms with E-state index in [4.69, 9.17) is 9.47 Å². The van der Waals surface area contributed by atoms with Crippen molar-refractivity contribution in [1.82, 2.24) is 0 Å². The molecule has 0 amide bonds. The lowest BCUT2D eigenvalue weighted by molar-refractivity contribution is 0.0145. The van der Waals surface area contributed by atoms with Crippen LogP contribution in [-0.2, 0) is 9.47 Å². The van der Waals surface area contributed by atoms with Crippen LogP contribution < -0.4 is 0 Å². The summed E-state index contributed by atoms with van der Waals surface area (Å²) in [6, 6.07) is 0. The molecule has 8 rings (SSSR count). The van der Waals surface area contributed by atoms with E-state index in [1.165, 1.54) is 89.9 Å². The average molecular weight is 637 g/mol. The van der Waals surface area contributed by atoms with Crippen molar-refractivity contribution < 1.29 is 9.47 Å². The first-order valence-electron chi connectivity index (χ1n) is 21.2. The molecule has 0 aromatic rings. The fourth-order valence-corrected chi connectivity index (χ4v) is 22.0. The lowest BCUT2D eigenvalue weighted by Gasteiger charge is -2.51. The van der Waals surface area contributed by atoms with Crippen molar-refractivity contribution in [2.24, 2.45) is 59.2 Å². The van der Waals surface area contributed by atoms with Crippen molar-refractivity contribution in [3.05, 3.63) is 0 Å². The summed E-state index contributed by atoms with van der Waals surface area (Å²) >= 11 is 0. The van der Waals surface area contributed by atoms with E-state index in [9.17, 15) is 0 Å². The monoisotopic (exact) mass is 637 g/mol. The average Bonchev–Trinajstić information content (AvgIpc) is 3.85. The Kier molecular flexibility index (Phi) is 9.67. The van der Waals surface area contributed by atoms with Crippen molar-refractivity contribution in [1.29, 1.82) is 0 Å². The highest BCUT2D eigenvalue weighted by Crippen LogP contribution is 2.69. The molecule has 0 N–H and O–H groups in total. The minimum atomic E-state index is -1.68. The van der Waals surface area contributed by atoms with Crippen molar-refractivity contribution in [3.8, 4) is 0 Å². The van der Waals surface area contributed by atoms with Crippen molar-refractivity contribution in [2.75, 3.05) is 0 Å². The van der Waals surface area contributed by atoms with Crippen LogP contribution in [0.4, 0.5) is 0 Å². The minimum absolute atomic E-state index is 0.490. The summed E-state index contributed by atoms with van der Waals surface area (Å²) in [7, 11) is -1.68. The second-order valence-electron chi connectivity index (χ2n) is 19.4. The molecule has 0 bridgehead atoms. The minimum Gasteiger partial charge on any atom is -0.375 e. The van der Waals surface area contributed by atoms with Crippen LogP contribution in [0.5, 0.6) is 0 Å². The SMILES string of the molecule is CC1CCC(C2CC3C(C4CCCCC4)CCCC3C2[Si](C)(C)C2C(C3CCC(C)O3)CC3C(C4CCCCC4)CCCC32)O1. The first kappa shape index (κ1) is 32.3. The van der Waals surface area contributed by atoms with Crippen LogP contribution in [-0.4, -0.2) is 32.5 Å². The number of rotatable bonds is 6. The van der Waals surface area contributed by atoms with Crippen molar-refractivity contribution in [2.45, 2.75) is 204 Å². The second kappa shape index (κ2) is 13.5. The van der Waals surface area contributed by atoms with Crippen LogP contribution in [0.1, 0.15) is 155 Å². The molecule has 8 aliphatic rings. The molecule has 45 heavy (non-hydrogen) atoms. The van der Waals surface area contributed by atoms with Gasteiger partial charge in [0.1, 0.15) is 0 Å². The van der Waals surface area contributed by atoms with E-state index in [-0.39, 0.29) is 0 Å². The van der Waals surface area contributed by atoms with Crippen molar-refractivity contribution >= 4 is 8.07 Å². The van der Waals surface area contributed by atoms with Gasteiger partial charge >= 0.3 is 0 Å². The first-order chi connectivity index (χ1) is 21.9. The molecule has 0 spiro atoms. The van der Waals surface area contributed by atoms with E-state index in [1.54, 1.807) is 51.4 Å². The molecule has 2 nitrogen and oxygen atoms in total. The molecule has 2 heterocycles. The van der Waals surface area contributed by atoms with Gasteiger partial charge in [0.15, 0.2) is 0 Å². The molecule has 256 valence electrons. The zero-order chi connectivity index (χ0) is 30.7. The molecule has 14 unspecified atom stereocenters. The molecule has 8 fully saturated rings. The first-order valence-corrected chi connectivity index (χ1v) is 24.4. The molecule has 0 aromatic carbocycles. The number of hydrogen-bond acceptors (Lipinski definition) is 2. The lowest BCUT2D eigenvalue weighted by atomic mass is 9.65. The normalized spacial score (nSPS) is 50.1. The Hall–Kier alpha value is 0.137. The van der Waals surface area contributed by atoms with E-state index in [0.29, 0.717) is 24.4 Å². The summed E-state index contributed by atoms with van der Waals surface area (Å²) in [5, 5.41) is 0. The molecular weight excluding hydrogens is 565 g/mol. The fourth-order valence-electron chi connectivity index (χ4n) is 15.6. The largest absolute Gasteiger partial charge is 0.375 e. The molecular formula is C42H72O2Si. The Morgan fingerprint density at radius 2 is 0.778 bits per heavy atom. The maximum absolute atomic E-state index is 6.96. The van der Waals surface area contributed by atoms with Gasteiger partial charge in [-0.1, -0.05) is 103 Å². The summed E-state index contributed by atoms with van der Waals surface area (Å²) in [5.74, 6) is 9.94. The van der Waals surface area contributed by atoms with E-state index >= 15 is 0 Å². The van der Waals surface area contributed by atoms with Gasteiger partial charge in [0.2, 0.25) is 0 Å². The molecule has 0 radical (unpaired) electrons. The van der Waals surface area contributed by atoms with Gasteiger partial charge in [-0.15, -0.1) is 0 Å². The van der Waals surface area contributed by atoms with Gasteiger partial charge in [-0.3, -0.25) is 0 Å². The summed E-state index contributed by atoms with van der Waals surface area (Å²) in [4.78, 5) is 0. The third-order valence-corrected chi connectivity index (χ3v) is 22.1. The third kappa shape index (κ3) is 6.02. The zero-order valence-corrected chi connectivity index (χ0v) is 31.1. The van der Waals surface area contributed by atoms with Crippen molar-refractivity contribution in [3.63, 3.8) is 0 Å². The van der Waals surface area contributed by atoms with Gasteiger partial charge in [0.05, 0.1) is 32.5 Å². The van der Waals surface area contributed by atoms with E-state index in [0.717, 1.165) is 70.3 Å². The molecule has 2 saturated heterocycles. The fraction of sp³-hybridized carbons (Fsp3) is 1.00. The lowest BCUT2D eigenvalue weighted by Crippen LogP contribution is -2.50. The molecule has 6 aliphatic carbocycles. The smallest absolute Gasteiger partial charge is 0.0608 e. The zero-order valence-electron chi connectivity index (χ0n) is 30.1.